The zero-order chi connectivity index (χ0) is 13.2. The Hall–Kier alpha value is -0.810. The molecule has 0 aromatic rings. The second-order valence-electron chi connectivity index (χ2n) is 5.67. The molecule has 0 amide bonds. The molecule has 2 aliphatic rings. The predicted octanol–water partition coefficient (Wildman–Crippen LogP) is 0.347. The summed E-state index contributed by atoms with van der Waals surface area (Å²) in [6, 6.07) is 0.404. The lowest BCUT2D eigenvalue weighted by Gasteiger charge is -2.54. The van der Waals surface area contributed by atoms with Crippen molar-refractivity contribution in [1.29, 1.82) is 0 Å². The van der Waals surface area contributed by atoms with Crippen LogP contribution in [0.1, 0.15) is 27.2 Å². The van der Waals surface area contributed by atoms with Crippen LogP contribution in [-0.4, -0.2) is 49.5 Å². The number of hydrogen-bond acceptors (Lipinski definition) is 3. The highest BCUT2D eigenvalue weighted by Crippen LogP contribution is 2.51. The van der Waals surface area contributed by atoms with Crippen LogP contribution >= 0.6 is 0 Å². The summed E-state index contributed by atoms with van der Waals surface area (Å²) in [4.78, 5) is 4.34. The summed E-state index contributed by atoms with van der Waals surface area (Å²) in [5.41, 5.74) is 0.149. The van der Waals surface area contributed by atoms with Gasteiger partial charge in [-0.25, -0.2) is 0 Å². The SMILES string of the molecule is CCNC(=NCCO)NC1C2CCOC2C1(C)C. The summed E-state index contributed by atoms with van der Waals surface area (Å²) in [5.74, 6) is 1.40. The van der Waals surface area contributed by atoms with E-state index in [1.165, 1.54) is 0 Å². The third-order valence-corrected chi connectivity index (χ3v) is 4.11. The molecule has 0 aromatic carbocycles. The van der Waals surface area contributed by atoms with Gasteiger partial charge in [0.25, 0.3) is 0 Å². The molecule has 3 unspecified atom stereocenters. The van der Waals surface area contributed by atoms with Crippen molar-refractivity contribution < 1.29 is 9.84 Å². The fourth-order valence-corrected chi connectivity index (χ4v) is 3.25. The van der Waals surface area contributed by atoms with Gasteiger partial charge < -0.3 is 20.5 Å². The maximum atomic E-state index is 8.86. The first-order chi connectivity index (χ1) is 8.61. The number of aliphatic hydroxyl groups is 1. The maximum absolute atomic E-state index is 8.86. The van der Waals surface area contributed by atoms with Gasteiger partial charge in [0.05, 0.1) is 19.3 Å². The van der Waals surface area contributed by atoms with E-state index >= 15 is 0 Å². The molecule has 1 saturated heterocycles. The van der Waals surface area contributed by atoms with Crippen LogP contribution in [0.4, 0.5) is 0 Å². The first-order valence-electron chi connectivity index (χ1n) is 6.88. The number of guanidine groups is 1. The smallest absolute Gasteiger partial charge is 0.191 e. The lowest BCUT2D eigenvalue weighted by Crippen LogP contribution is -2.68. The molecule has 1 aliphatic heterocycles. The van der Waals surface area contributed by atoms with Gasteiger partial charge in [0.2, 0.25) is 0 Å². The molecule has 1 aliphatic carbocycles. The molecule has 0 radical (unpaired) electrons. The Kier molecular flexibility index (Phi) is 4.12. The highest BCUT2D eigenvalue weighted by Gasteiger charge is 2.59. The third kappa shape index (κ3) is 2.34. The van der Waals surface area contributed by atoms with Crippen LogP contribution in [0.2, 0.25) is 0 Å². The summed E-state index contributed by atoms with van der Waals surface area (Å²) < 4.78 is 5.78. The van der Waals surface area contributed by atoms with E-state index in [-0.39, 0.29) is 12.0 Å². The minimum absolute atomic E-state index is 0.0831. The quantitative estimate of drug-likeness (QED) is 0.501. The van der Waals surface area contributed by atoms with E-state index in [0.29, 0.717) is 24.6 Å². The number of aliphatic imine (C=N–C) groups is 1. The number of hydrogen-bond donors (Lipinski definition) is 3. The zero-order valence-electron chi connectivity index (χ0n) is 11.6. The number of rotatable bonds is 4. The van der Waals surface area contributed by atoms with E-state index in [4.69, 9.17) is 9.84 Å². The molecule has 5 nitrogen and oxygen atoms in total. The lowest BCUT2D eigenvalue weighted by molar-refractivity contribution is -0.106. The van der Waals surface area contributed by atoms with Crippen LogP contribution < -0.4 is 10.6 Å². The van der Waals surface area contributed by atoms with Crippen molar-refractivity contribution in [2.45, 2.75) is 39.3 Å². The van der Waals surface area contributed by atoms with Crippen molar-refractivity contribution in [3.63, 3.8) is 0 Å². The van der Waals surface area contributed by atoms with E-state index in [0.717, 1.165) is 25.5 Å². The van der Waals surface area contributed by atoms with Crippen LogP contribution in [-0.2, 0) is 4.74 Å². The minimum atomic E-state index is 0.0831. The zero-order valence-corrected chi connectivity index (χ0v) is 11.6. The monoisotopic (exact) mass is 255 g/mol. The predicted molar refractivity (Wildman–Crippen MR) is 71.6 cm³/mol. The Morgan fingerprint density at radius 2 is 2.28 bits per heavy atom. The Labute approximate surface area is 109 Å². The Morgan fingerprint density at radius 1 is 1.50 bits per heavy atom. The molecule has 3 N–H and O–H groups in total. The van der Waals surface area contributed by atoms with Gasteiger partial charge in [0.15, 0.2) is 5.96 Å². The van der Waals surface area contributed by atoms with Gasteiger partial charge in [0, 0.05) is 30.5 Å². The number of fused-ring (bicyclic) bond motifs is 1. The van der Waals surface area contributed by atoms with Crippen LogP contribution in [0.5, 0.6) is 0 Å². The summed E-state index contributed by atoms with van der Waals surface area (Å²) >= 11 is 0. The van der Waals surface area contributed by atoms with Gasteiger partial charge in [-0.15, -0.1) is 0 Å². The van der Waals surface area contributed by atoms with Crippen LogP contribution in [0.3, 0.4) is 0 Å². The fourth-order valence-electron chi connectivity index (χ4n) is 3.25. The maximum Gasteiger partial charge on any atom is 0.191 e. The topological polar surface area (TPSA) is 65.9 Å². The van der Waals surface area contributed by atoms with E-state index in [2.05, 4.69) is 29.5 Å². The van der Waals surface area contributed by atoms with Crippen LogP contribution in [0, 0.1) is 11.3 Å². The standard InChI is InChI=1S/C13H25N3O2/c1-4-14-12(15-6-7-17)16-10-9-5-8-18-11(9)13(10,2)3/h9-11,17H,4-8H2,1-3H3,(H2,14,15,16). The molecule has 0 aromatic heterocycles. The van der Waals surface area contributed by atoms with Crippen molar-refractivity contribution in [3.8, 4) is 0 Å². The molecule has 0 spiro atoms. The van der Waals surface area contributed by atoms with Gasteiger partial charge in [-0.05, 0) is 13.3 Å². The van der Waals surface area contributed by atoms with Crippen molar-refractivity contribution >= 4 is 5.96 Å². The van der Waals surface area contributed by atoms with E-state index in [1.54, 1.807) is 0 Å². The average molecular weight is 255 g/mol. The van der Waals surface area contributed by atoms with Gasteiger partial charge in [0.1, 0.15) is 0 Å². The minimum Gasteiger partial charge on any atom is -0.394 e. The molecule has 18 heavy (non-hydrogen) atoms. The second-order valence-corrected chi connectivity index (χ2v) is 5.67. The van der Waals surface area contributed by atoms with Crippen molar-refractivity contribution in [2.24, 2.45) is 16.3 Å². The highest BCUT2D eigenvalue weighted by atomic mass is 16.5. The highest BCUT2D eigenvalue weighted by molar-refractivity contribution is 5.80. The van der Waals surface area contributed by atoms with Crippen molar-refractivity contribution in [2.75, 3.05) is 26.3 Å². The molecule has 5 heteroatoms. The van der Waals surface area contributed by atoms with Gasteiger partial charge in [-0.1, -0.05) is 13.8 Å². The van der Waals surface area contributed by atoms with Crippen molar-refractivity contribution in [3.05, 3.63) is 0 Å². The molecule has 1 heterocycles. The van der Waals surface area contributed by atoms with Crippen LogP contribution in [0.15, 0.2) is 4.99 Å². The molecule has 2 rings (SSSR count). The second kappa shape index (κ2) is 5.45. The molecule has 3 atom stereocenters. The number of aliphatic hydroxyl groups excluding tert-OH is 1. The van der Waals surface area contributed by atoms with E-state index in [1.807, 2.05) is 6.92 Å². The average Bonchev–Trinajstić information content (AvgIpc) is 2.79. The lowest BCUT2D eigenvalue weighted by atomic mass is 9.57. The molecule has 104 valence electrons. The van der Waals surface area contributed by atoms with E-state index in [9.17, 15) is 0 Å². The van der Waals surface area contributed by atoms with Gasteiger partial charge in [-0.3, -0.25) is 4.99 Å². The third-order valence-electron chi connectivity index (χ3n) is 4.11. The van der Waals surface area contributed by atoms with Crippen LogP contribution in [0.25, 0.3) is 0 Å². The fraction of sp³-hybridized carbons (Fsp3) is 0.923. The largest absolute Gasteiger partial charge is 0.394 e. The van der Waals surface area contributed by atoms with Crippen molar-refractivity contribution in [1.82, 2.24) is 10.6 Å². The van der Waals surface area contributed by atoms with E-state index < -0.39 is 0 Å². The molecule has 2 fully saturated rings. The Morgan fingerprint density at radius 3 is 2.94 bits per heavy atom. The van der Waals surface area contributed by atoms with Gasteiger partial charge >= 0.3 is 0 Å². The summed E-state index contributed by atoms with van der Waals surface area (Å²) in [7, 11) is 0. The summed E-state index contributed by atoms with van der Waals surface area (Å²) in [6.45, 7) is 8.76. The summed E-state index contributed by atoms with van der Waals surface area (Å²) in [5, 5.41) is 15.6. The Bertz CT molecular complexity index is 317. The molecule has 0 bridgehead atoms. The molecule has 1 saturated carbocycles. The Balaban J connectivity index is 1.98. The number of nitrogens with zero attached hydrogens (tertiary/aromatic N) is 1. The molecular formula is C13H25N3O2. The number of nitrogens with one attached hydrogen (secondary N) is 2. The first-order valence-corrected chi connectivity index (χ1v) is 6.88. The first kappa shape index (κ1) is 13.6. The molecular weight excluding hydrogens is 230 g/mol. The number of ether oxygens (including phenoxy) is 1. The summed E-state index contributed by atoms with van der Waals surface area (Å²) in [6.07, 6.45) is 1.52. The normalized spacial score (nSPS) is 33.8. The van der Waals surface area contributed by atoms with Gasteiger partial charge in [-0.2, -0.15) is 0 Å².